The smallest absolute Gasteiger partial charge is 0.257 e. The molecule has 1 aliphatic rings. The summed E-state index contributed by atoms with van der Waals surface area (Å²) in [5.74, 6) is -0.883. The highest BCUT2D eigenvalue weighted by atomic mass is 32.1. The first kappa shape index (κ1) is 11.4. The van der Waals surface area contributed by atoms with Crippen LogP contribution in [0, 0.1) is 0 Å². The molecule has 2 aromatic rings. The molecule has 1 aromatic carbocycles. The van der Waals surface area contributed by atoms with Crippen LogP contribution in [0.2, 0.25) is 0 Å². The van der Waals surface area contributed by atoms with Crippen molar-refractivity contribution in [3.63, 3.8) is 0 Å². The molecule has 6 heteroatoms. The predicted octanol–water partition coefficient (Wildman–Crippen LogP) is 1.70. The molecule has 1 unspecified atom stereocenters. The van der Waals surface area contributed by atoms with Crippen molar-refractivity contribution in [1.82, 2.24) is 4.98 Å². The molecule has 1 amide bonds. The number of thiazole rings is 1. The maximum atomic E-state index is 14.1. The van der Waals surface area contributed by atoms with Crippen LogP contribution in [0.25, 0.3) is 10.2 Å². The molecule has 1 aromatic heterocycles. The number of aromatic nitrogens is 1. The number of nitrogens with two attached hydrogens (primary N) is 1. The fraction of sp³-hybridized carbons (Fsp3) is 0.333. The summed E-state index contributed by atoms with van der Waals surface area (Å²) in [6.07, 6.45) is 0.137. The lowest BCUT2D eigenvalue weighted by Gasteiger charge is -2.16. The maximum Gasteiger partial charge on any atom is 0.257 e. The Morgan fingerprint density at radius 2 is 2.28 bits per heavy atom. The molecular formula is C12H12FN3OS. The van der Waals surface area contributed by atoms with Gasteiger partial charge in [-0.3, -0.25) is 4.79 Å². The lowest BCUT2D eigenvalue weighted by molar-refractivity contribution is -0.128. The fourth-order valence-electron chi connectivity index (χ4n) is 2.13. The monoisotopic (exact) mass is 265 g/mol. The minimum atomic E-state index is -1.92. The van der Waals surface area contributed by atoms with E-state index in [9.17, 15) is 9.18 Å². The molecule has 3 rings (SSSR count). The Balaban J connectivity index is 1.90. The van der Waals surface area contributed by atoms with E-state index in [0.29, 0.717) is 6.54 Å². The fourth-order valence-corrected chi connectivity index (χ4v) is 3.12. The van der Waals surface area contributed by atoms with Gasteiger partial charge in [-0.15, -0.1) is 0 Å². The van der Waals surface area contributed by atoms with Gasteiger partial charge in [0.25, 0.3) is 5.91 Å². The van der Waals surface area contributed by atoms with Crippen molar-refractivity contribution in [3.05, 3.63) is 24.3 Å². The number of benzene rings is 1. The van der Waals surface area contributed by atoms with Gasteiger partial charge in [-0.1, -0.05) is 23.5 Å². The number of amides is 1. The molecule has 0 radical (unpaired) electrons. The van der Waals surface area contributed by atoms with Crippen LogP contribution >= 0.6 is 11.3 Å². The van der Waals surface area contributed by atoms with Crippen LogP contribution in [0.3, 0.4) is 0 Å². The van der Waals surface area contributed by atoms with Gasteiger partial charge in [0.15, 0.2) is 5.13 Å². The number of para-hydroxylation sites is 1. The van der Waals surface area contributed by atoms with Crippen LogP contribution in [0.15, 0.2) is 24.3 Å². The number of anilines is 1. The molecule has 1 fully saturated rings. The summed E-state index contributed by atoms with van der Waals surface area (Å²) in [5.41, 5.74) is 4.07. The van der Waals surface area contributed by atoms with Crippen LogP contribution in [-0.4, -0.2) is 29.6 Å². The summed E-state index contributed by atoms with van der Waals surface area (Å²) in [6.45, 7) is 0.474. The van der Waals surface area contributed by atoms with Crippen LogP contribution < -0.4 is 10.6 Å². The Morgan fingerprint density at radius 3 is 2.94 bits per heavy atom. The van der Waals surface area contributed by atoms with E-state index in [-0.39, 0.29) is 13.0 Å². The number of halogens is 1. The maximum absolute atomic E-state index is 14.1. The van der Waals surface area contributed by atoms with Gasteiger partial charge in [0.1, 0.15) is 0 Å². The normalized spacial score (nSPS) is 23.7. The van der Waals surface area contributed by atoms with Crippen LogP contribution in [0.4, 0.5) is 9.52 Å². The van der Waals surface area contributed by atoms with Crippen molar-refractivity contribution in [1.29, 1.82) is 0 Å². The Morgan fingerprint density at radius 1 is 1.50 bits per heavy atom. The third-order valence-corrected chi connectivity index (χ3v) is 4.31. The molecule has 4 nitrogen and oxygen atoms in total. The topological polar surface area (TPSA) is 59.2 Å². The Labute approximate surface area is 107 Å². The number of fused-ring (bicyclic) bond motifs is 1. The second-order valence-corrected chi connectivity index (χ2v) is 5.47. The molecule has 0 spiro atoms. The molecule has 1 aliphatic heterocycles. The molecule has 94 valence electrons. The van der Waals surface area contributed by atoms with Gasteiger partial charge in [-0.2, -0.15) is 0 Å². The lowest BCUT2D eigenvalue weighted by Crippen LogP contribution is -2.42. The summed E-state index contributed by atoms with van der Waals surface area (Å²) in [6, 6.07) is 7.75. The lowest BCUT2D eigenvalue weighted by atomic mass is 10.1. The second kappa shape index (κ2) is 3.91. The van der Waals surface area contributed by atoms with Gasteiger partial charge in [0.2, 0.25) is 5.67 Å². The highest BCUT2D eigenvalue weighted by Crippen LogP contribution is 2.34. The van der Waals surface area contributed by atoms with E-state index in [1.807, 2.05) is 24.3 Å². The number of primary amides is 1. The first-order valence-corrected chi connectivity index (χ1v) is 6.49. The van der Waals surface area contributed by atoms with E-state index in [4.69, 9.17) is 5.73 Å². The molecule has 2 heterocycles. The Hall–Kier alpha value is -1.69. The zero-order valence-corrected chi connectivity index (χ0v) is 10.4. The predicted molar refractivity (Wildman–Crippen MR) is 69.5 cm³/mol. The average Bonchev–Trinajstić information content (AvgIpc) is 2.92. The second-order valence-electron chi connectivity index (χ2n) is 4.47. The number of rotatable bonds is 2. The first-order chi connectivity index (χ1) is 8.58. The van der Waals surface area contributed by atoms with E-state index in [0.717, 1.165) is 15.3 Å². The molecule has 1 atom stereocenters. The first-order valence-electron chi connectivity index (χ1n) is 5.68. The van der Waals surface area contributed by atoms with Crippen molar-refractivity contribution in [2.75, 3.05) is 18.0 Å². The van der Waals surface area contributed by atoms with Gasteiger partial charge in [0, 0.05) is 13.0 Å². The number of carbonyl (C=O) groups is 1. The van der Waals surface area contributed by atoms with E-state index in [1.165, 1.54) is 11.3 Å². The molecular weight excluding hydrogens is 253 g/mol. The molecule has 1 saturated heterocycles. The summed E-state index contributed by atoms with van der Waals surface area (Å²) in [4.78, 5) is 17.3. The van der Waals surface area contributed by atoms with Gasteiger partial charge < -0.3 is 10.6 Å². The number of hydrogen-bond donors (Lipinski definition) is 1. The molecule has 0 saturated carbocycles. The van der Waals surface area contributed by atoms with Crippen LogP contribution in [0.5, 0.6) is 0 Å². The van der Waals surface area contributed by atoms with Crippen molar-refractivity contribution >= 4 is 32.6 Å². The minimum Gasteiger partial charge on any atom is -0.367 e. The molecule has 0 bridgehead atoms. The summed E-state index contributed by atoms with van der Waals surface area (Å²) < 4.78 is 15.1. The Bertz CT molecular complexity index is 581. The van der Waals surface area contributed by atoms with Crippen molar-refractivity contribution < 1.29 is 9.18 Å². The highest BCUT2D eigenvalue weighted by molar-refractivity contribution is 7.22. The van der Waals surface area contributed by atoms with Crippen LogP contribution in [0.1, 0.15) is 6.42 Å². The average molecular weight is 265 g/mol. The zero-order valence-electron chi connectivity index (χ0n) is 9.60. The zero-order chi connectivity index (χ0) is 12.8. The van der Waals surface area contributed by atoms with Gasteiger partial charge in [-0.05, 0) is 12.1 Å². The number of alkyl halides is 1. The summed E-state index contributed by atoms with van der Waals surface area (Å²) in [7, 11) is 0. The Kier molecular flexibility index (Phi) is 2.48. The van der Waals surface area contributed by atoms with Crippen molar-refractivity contribution in [2.45, 2.75) is 12.1 Å². The third kappa shape index (κ3) is 1.73. The standard InChI is InChI=1S/C12H12FN3OS/c13-12(10(14)17)5-6-16(7-12)11-15-8-3-1-2-4-9(8)18-11/h1-4H,5-7H2,(H2,14,17). The van der Waals surface area contributed by atoms with E-state index < -0.39 is 11.6 Å². The number of carbonyl (C=O) groups excluding carboxylic acids is 1. The van der Waals surface area contributed by atoms with Gasteiger partial charge >= 0.3 is 0 Å². The molecule has 2 N–H and O–H groups in total. The summed E-state index contributed by atoms with van der Waals surface area (Å²) in [5, 5.41) is 0.747. The quantitative estimate of drug-likeness (QED) is 0.899. The van der Waals surface area contributed by atoms with Crippen molar-refractivity contribution in [2.24, 2.45) is 5.73 Å². The van der Waals surface area contributed by atoms with E-state index >= 15 is 0 Å². The van der Waals surface area contributed by atoms with Gasteiger partial charge in [-0.25, -0.2) is 9.37 Å². The minimum absolute atomic E-state index is 0.00214. The van der Waals surface area contributed by atoms with E-state index in [2.05, 4.69) is 4.98 Å². The number of hydrogen-bond acceptors (Lipinski definition) is 4. The molecule has 18 heavy (non-hydrogen) atoms. The van der Waals surface area contributed by atoms with Gasteiger partial charge in [0.05, 0.1) is 16.8 Å². The summed E-state index contributed by atoms with van der Waals surface area (Å²) >= 11 is 1.50. The SMILES string of the molecule is NC(=O)C1(F)CCN(c2nc3ccccc3s2)C1. The van der Waals surface area contributed by atoms with Crippen LogP contribution in [-0.2, 0) is 4.79 Å². The third-order valence-electron chi connectivity index (χ3n) is 3.21. The largest absolute Gasteiger partial charge is 0.367 e. The van der Waals surface area contributed by atoms with Crippen molar-refractivity contribution in [3.8, 4) is 0 Å². The highest BCUT2D eigenvalue weighted by Gasteiger charge is 2.44. The number of nitrogens with zero attached hydrogens (tertiary/aromatic N) is 2. The molecule has 0 aliphatic carbocycles. The van der Waals surface area contributed by atoms with E-state index in [1.54, 1.807) is 4.90 Å².